The number of hydrogen-bond donors (Lipinski definition) is 0. The number of esters is 1. The Morgan fingerprint density at radius 1 is 0.516 bits per heavy atom. The summed E-state index contributed by atoms with van der Waals surface area (Å²) in [5.74, 6) is 0.617. The van der Waals surface area contributed by atoms with E-state index >= 15 is 0 Å². The Hall–Kier alpha value is -0.530. The molecule has 0 aliphatic carbocycles. The van der Waals surface area contributed by atoms with Crippen LogP contribution in [-0.4, -0.2) is 12.6 Å². The Labute approximate surface area is 196 Å². The molecular weight excluding hydrogens is 380 g/mol. The molecule has 0 fully saturated rings. The van der Waals surface area contributed by atoms with Crippen molar-refractivity contribution in [3.8, 4) is 0 Å². The minimum Gasteiger partial charge on any atom is -0.465 e. The minimum atomic E-state index is 0.0361. The van der Waals surface area contributed by atoms with Gasteiger partial charge in [-0.25, -0.2) is 0 Å². The van der Waals surface area contributed by atoms with Gasteiger partial charge in [0.2, 0.25) is 0 Å². The average Bonchev–Trinajstić information content (AvgIpc) is 2.78. The molecule has 0 amide bonds. The van der Waals surface area contributed by atoms with Gasteiger partial charge in [0.1, 0.15) is 0 Å². The van der Waals surface area contributed by atoms with E-state index in [0.29, 0.717) is 18.9 Å². The van der Waals surface area contributed by atoms with Crippen molar-refractivity contribution in [3.05, 3.63) is 0 Å². The Kier molecular flexibility index (Phi) is 25.3. The summed E-state index contributed by atoms with van der Waals surface area (Å²) >= 11 is 0. The quantitative estimate of drug-likeness (QED) is 0.105. The third kappa shape index (κ3) is 24.0. The van der Waals surface area contributed by atoms with Crippen molar-refractivity contribution in [3.63, 3.8) is 0 Å². The fraction of sp³-hybridized carbons (Fsp3) is 0.966. The highest BCUT2D eigenvalue weighted by atomic mass is 16.5. The lowest BCUT2D eigenvalue weighted by molar-refractivity contribution is -0.145. The Bertz CT molecular complexity index is 353. The van der Waals surface area contributed by atoms with Gasteiger partial charge in [0.15, 0.2) is 0 Å². The molecule has 1 atom stereocenters. The second-order valence-corrected chi connectivity index (χ2v) is 9.89. The summed E-state index contributed by atoms with van der Waals surface area (Å²) in [5, 5.41) is 0. The maximum atomic E-state index is 12.1. The largest absolute Gasteiger partial charge is 0.465 e. The number of ether oxygens (including phenoxy) is 1. The number of rotatable bonds is 25. The molecular formula is C29H58O2. The zero-order chi connectivity index (χ0) is 22.8. The van der Waals surface area contributed by atoms with Crippen molar-refractivity contribution in [2.24, 2.45) is 5.92 Å². The topological polar surface area (TPSA) is 26.3 Å². The summed E-state index contributed by atoms with van der Waals surface area (Å²) in [6.45, 7) is 7.44. The number of carbonyl (C=O) groups excluding carboxylic acids is 1. The van der Waals surface area contributed by atoms with Crippen LogP contribution in [0.25, 0.3) is 0 Å². The first-order valence-electron chi connectivity index (χ1n) is 14.4. The van der Waals surface area contributed by atoms with Gasteiger partial charge in [-0.05, 0) is 25.2 Å². The predicted octanol–water partition coefficient (Wildman–Crippen LogP) is 10.2. The van der Waals surface area contributed by atoms with E-state index in [1.165, 1.54) is 135 Å². The molecule has 2 heteroatoms. The molecule has 31 heavy (non-hydrogen) atoms. The highest BCUT2D eigenvalue weighted by molar-refractivity contribution is 5.69. The summed E-state index contributed by atoms with van der Waals surface area (Å²) < 4.78 is 5.63. The highest BCUT2D eigenvalue weighted by Gasteiger charge is 2.11. The molecule has 0 bridgehead atoms. The fourth-order valence-electron chi connectivity index (χ4n) is 4.41. The van der Waals surface area contributed by atoms with Crippen LogP contribution in [0.2, 0.25) is 0 Å². The van der Waals surface area contributed by atoms with Crippen molar-refractivity contribution in [2.45, 2.75) is 168 Å². The zero-order valence-corrected chi connectivity index (χ0v) is 21.9. The van der Waals surface area contributed by atoms with E-state index in [9.17, 15) is 4.79 Å². The minimum absolute atomic E-state index is 0.0361. The Balaban J connectivity index is 3.50. The van der Waals surface area contributed by atoms with Crippen molar-refractivity contribution < 1.29 is 9.53 Å². The van der Waals surface area contributed by atoms with Crippen molar-refractivity contribution >= 4 is 5.97 Å². The Morgan fingerprint density at radius 2 is 0.903 bits per heavy atom. The molecule has 0 spiro atoms. The van der Waals surface area contributed by atoms with Gasteiger partial charge in [0.05, 0.1) is 6.61 Å². The number of hydrogen-bond acceptors (Lipinski definition) is 2. The van der Waals surface area contributed by atoms with E-state index in [0.717, 1.165) is 6.42 Å². The van der Waals surface area contributed by atoms with E-state index in [1.54, 1.807) is 0 Å². The van der Waals surface area contributed by atoms with Gasteiger partial charge < -0.3 is 4.74 Å². The normalized spacial score (nSPS) is 12.2. The van der Waals surface area contributed by atoms with Crippen LogP contribution in [0.4, 0.5) is 0 Å². The molecule has 186 valence electrons. The number of carbonyl (C=O) groups is 1. The highest BCUT2D eigenvalue weighted by Crippen LogP contribution is 2.18. The SMILES string of the molecule is CCCCCCCCCCCCCCCCC(=O)OCC(CCCC)CCCCCC. The van der Waals surface area contributed by atoms with E-state index in [1.807, 2.05) is 0 Å². The second kappa shape index (κ2) is 25.7. The monoisotopic (exact) mass is 438 g/mol. The van der Waals surface area contributed by atoms with Crippen molar-refractivity contribution in [2.75, 3.05) is 6.61 Å². The van der Waals surface area contributed by atoms with Gasteiger partial charge in [0.25, 0.3) is 0 Å². The van der Waals surface area contributed by atoms with Crippen LogP contribution in [0.15, 0.2) is 0 Å². The molecule has 1 unspecified atom stereocenters. The summed E-state index contributed by atoms with van der Waals surface area (Å²) in [6, 6.07) is 0. The van der Waals surface area contributed by atoms with Gasteiger partial charge in [-0.2, -0.15) is 0 Å². The van der Waals surface area contributed by atoms with Gasteiger partial charge >= 0.3 is 5.97 Å². The molecule has 0 aliphatic heterocycles. The molecule has 0 aromatic carbocycles. The van der Waals surface area contributed by atoms with E-state index in [2.05, 4.69) is 20.8 Å². The van der Waals surface area contributed by atoms with E-state index in [-0.39, 0.29) is 5.97 Å². The van der Waals surface area contributed by atoms with Crippen LogP contribution in [0.3, 0.4) is 0 Å². The van der Waals surface area contributed by atoms with E-state index in [4.69, 9.17) is 4.74 Å². The molecule has 0 saturated heterocycles. The van der Waals surface area contributed by atoms with Gasteiger partial charge in [0, 0.05) is 6.42 Å². The first-order valence-corrected chi connectivity index (χ1v) is 14.4. The molecule has 0 saturated carbocycles. The Morgan fingerprint density at radius 3 is 1.39 bits per heavy atom. The van der Waals surface area contributed by atoms with Crippen molar-refractivity contribution in [1.82, 2.24) is 0 Å². The van der Waals surface area contributed by atoms with Crippen LogP contribution in [0, 0.1) is 5.92 Å². The first-order chi connectivity index (χ1) is 15.2. The summed E-state index contributed by atoms with van der Waals surface area (Å²) in [6.07, 6.45) is 29.7. The molecule has 0 radical (unpaired) electrons. The van der Waals surface area contributed by atoms with Crippen LogP contribution < -0.4 is 0 Å². The summed E-state index contributed by atoms with van der Waals surface area (Å²) in [7, 11) is 0. The first kappa shape index (κ1) is 30.5. The smallest absolute Gasteiger partial charge is 0.305 e. The molecule has 0 aliphatic rings. The third-order valence-electron chi connectivity index (χ3n) is 6.65. The van der Waals surface area contributed by atoms with Crippen LogP contribution in [0.5, 0.6) is 0 Å². The fourth-order valence-corrected chi connectivity index (χ4v) is 4.41. The maximum Gasteiger partial charge on any atom is 0.305 e. The van der Waals surface area contributed by atoms with Crippen LogP contribution in [0.1, 0.15) is 168 Å². The maximum absolute atomic E-state index is 12.1. The third-order valence-corrected chi connectivity index (χ3v) is 6.65. The molecule has 2 nitrogen and oxygen atoms in total. The van der Waals surface area contributed by atoms with Gasteiger partial charge in [-0.15, -0.1) is 0 Å². The molecule has 0 aromatic rings. The lowest BCUT2D eigenvalue weighted by Crippen LogP contribution is -2.14. The average molecular weight is 439 g/mol. The molecule has 0 N–H and O–H groups in total. The standard InChI is InChI=1S/C29H58O2/c1-4-7-10-12-13-14-15-16-17-18-19-20-21-23-26-29(30)31-27-28(24-9-6-3)25-22-11-8-5-2/h28H,4-27H2,1-3H3. The lowest BCUT2D eigenvalue weighted by atomic mass is 9.96. The summed E-state index contributed by atoms with van der Waals surface area (Å²) in [5.41, 5.74) is 0. The molecule has 0 rings (SSSR count). The van der Waals surface area contributed by atoms with Crippen LogP contribution in [-0.2, 0) is 9.53 Å². The second-order valence-electron chi connectivity index (χ2n) is 9.89. The lowest BCUT2D eigenvalue weighted by Gasteiger charge is -2.16. The zero-order valence-electron chi connectivity index (χ0n) is 21.9. The summed E-state index contributed by atoms with van der Waals surface area (Å²) in [4.78, 5) is 12.1. The molecule has 0 aromatic heterocycles. The number of unbranched alkanes of at least 4 members (excludes halogenated alkanes) is 17. The molecule has 0 heterocycles. The van der Waals surface area contributed by atoms with Gasteiger partial charge in [-0.3, -0.25) is 4.79 Å². The van der Waals surface area contributed by atoms with E-state index < -0.39 is 0 Å². The van der Waals surface area contributed by atoms with Crippen LogP contribution >= 0.6 is 0 Å². The predicted molar refractivity (Wildman–Crippen MR) is 138 cm³/mol. The van der Waals surface area contributed by atoms with Gasteiger partial charge in [-0.1, -0.05) is 143 Å². The van der Waals surface area contributed by atoms with Crippen molar-refractivity contribution in [1.29, 1.82) is 0 Å².